The van der Waals surface area contributed by atoms with Gasteiger partial charge in [-0.15, -0.1) is 0 Å². The molecule has 0 aliphatic carbocycles. The van der Waals surface area contributed by atoms with Crippen LogP contribution in [0.15, 0.2) is 0 Å². The minimum absolute atomic E-state index is 0.448. The molecule has 2 nitrogen and oxygen atoms in total. The number of likely N-dealkylation sites (tertiary alicyclic amines) is 1. The SMILES string of the molecule is COCC1(C)CN(C)C1. The second-order valence-corrected chi connectivity index (χ2v) is 3.42. The van der Waals surface area contributed by atoms with Gasteiger partial charge >= 0.3 is 0 Å². The summed E-state index contributed by atoms with van der Waals surface area (Å²) in [5.74, 6) is 0. The molecule has 0 spiro atoms. The quantitative estimate of drug-likeness (QED) is 0.541. The van der Waals surface area contributed by atoms with Gasteiger partial charge in [0.2, 0.25) is 0 Å². The average molecular weight is 129 g/mol. The summed E-state index contributed by atoms with van der Waals surface area (Å²) in [5, 5.41) is 0. The molecule has 0 unspecified atom stereocenters. The van der Waals surface area contributed by atoms with Gasteiger partial charge < -0.3 is 9.64 Å². The maximum absolute atomic E-state index is 5.07. The summed E-state index contributed by atoms with van der Waals surface area (Å²) >= 11 is 0. The maximum Gasteiger partial charge on any atom is 0.0540 e. The van der Waals surface area contributed by atoms with E-state index in [1.54, 1.807) is 7.11 Å². The van der Waals surface area contributed by atoms with E-state index in [0.717, 1.165) is 6.61 Å². The van der Waals surface area contributed by atoms with Gasteiger partial charge in [-0.1, -0.05) is 6.92 Å². The summed E-state index contributed by atoms with van der Waals surface area (Å²) in [7, 11) is 3.90. The van der Waals surface area contributed by atoms with E-state index < -0.39 is 0 Å². The van der Waals surface area contributed by atoms with E-state index >= 15 is 0 Å². The Balaban J connectivity index is 2.23. The second-order valence-electron chi connectivity index (χ2n) is 3.42. The van der Waals surface area contributed by atoms with Gasteiger partial charge in [0.25, 0.3) is 0 Å². The standard InChI is InChI=1S/C7H15NO/c1-7(6-9-3)4-8(2)5-7/h4-6H2,1-3H3. The van der Waals surface area contributed by atoms with Crippen LogP contribution < -0.4 is 0 Å². The van der Waals surface area contributed by atoms with Crippen LogP contribution >= 0.6 is 0 Å². The number of methoxy groups -OCH3 is 1. The Kier molecular flexibility index (Phi) is 1.78. The predicted octanol–water partition coefficient (Wildman–Crippen LogP) is 0.585. The summed E-state index contributed by atoms with van der Waals surface area (Å²) in [5.41, 5.74) is 0.448. The molecular weight excluding hydrogens is 114 g/mol. The molecule has 0 bridgehead atoms. The summed E-state index contributed by atoms with van der Waals surface area (Å²) in [6.07, 6.45) is 0. The third-order valence-corrected chi connectivity index (χ3v) is 1.80. The molecule has 0 aromatic carbocycles. The van der Waals surface area contributed by atoms with E-state index in [9.17, 15) is 0 Å². The highest BCUT2D eigenvalue weighted by atomic mass is 16.5. The molecule has 54 valence electrons. The van der Waals surface area contributed by atoms with Crippen LogP contribution in [0.25, 0.3) is 0 Å². The van der Waals surface area contributed by atoms with E-state index in [1.807, 2.05) is 0 Å². The fraction of sp³-hybridized carbons (Fsp3) is 1.00. The number of hydrogen-bond acceptors (Lipinski definition) is 2. The van der Waals surface area contributed by atoms with E-state index in [2.05, 4.69) is 18.9 Å². The Hall–Kier alpha value is -0.0800. The van der Waals surface area contributed by atoms with Crippen LogP contribution in [0.2, 0.25) is 0 Å². The molecule has 0 aromatic heterocycles. The minimum Gasteiger partial charge on any atom is -0.384 e. The van der Waals surface area contributed by atoms with E-state index in [1.165, 1.54) is 13.1 Å². The van der Waals surface area contributed by atoms with E-state index in [4.69, 9.17) is 4.74 Å². The molecule has 0 aromatic rings. The Labute approximate surface area is 56.8 Å². The van der Waals surface area contributed by atoms with Crippen molar-refractivity contribution in [1.82, 2.24) is 4.90 Å². The van der Waals surface area contributed by atoms with Gasteiger partial charge in [0, 0.05) is 25.6 Å². The van der Waals surface area contributed by atoms with Crippen molar-refractivity contribution in [3.8, 4) is 0 Å². The van der Waals surface area contributed by atoms with Gasteiger partial charge in [0.05, 0.1) is 6.61 Å². The van der Waals surface area contributed by atoms with Gasteiger partial charge in [0.15, 0.2) is 0 Å². The molecule has 1 fully saturated rings. The van der Waals surface area contributed by atoms with E-state index in [-0.39, 0.29) is 0 Å². The van der Waals surface area contributed by atoms with Crippen molar-refractivity contribution >= 4 is 0 Å². The molecule has 0 atom stereocenters. The normalized spacial score (nSPS) is 25.7. The van der Waals surface area contributed by atoms with Crippen molar-refractivity contribution in [3.05, 3.63) is 0 Å². The lowest BCUT2D eigenvalue weighted by Crippen LogP contribution is -2.54. The van der Waals surface area contributed by atoms with Crippen LogP contribution in [0.1, 0.15) is 6.92 Å². The fourth-order valence-corrected chi connectivity index (χ4v) is 1.70. The summed E-state index contributed by atoms with van der Waals surface area (Å²) < 4.78 is 5.07. The van der Waals surface area contributed by atoms with Gasteiger partial charge in [-0.2, -0.15) is 0 Å². The molecule has 2 heteroatoms. The molecule has 1 aliphatic rings. The summed E-state index contributed by atoms with van der Waals surface area (Å²) in [4.78, 5) is 2.30. The molecule has 9 heavy (non-hydrogen) atoms. The second kappa shape index (κ2) is 2.27. The van der Waals surface area contributed by atoms with Crippen molar-refractivity contribution in [2.75, 3.05) is 33.9 Å². The Bertz CT molecular complexity index is 91.6. The molecule has 1 aliphatic heterocycles. The van der Waals surface area contributed by atoms with E-state index in [0.29, 0.717) is 5.41 Å². The zero-order chi connectivity index (χ0) is 6.91. The smallest absolute Gasteiger partial charge is 0.0540 e. The first kappa shape index (κ1) is 7.03. The first-order chi connectivity index (χ1) is 4.16. The van der Waals surface area contributed by atoms with Crippen molar-refractivity contribution in [1.29, 1.82) is 0 Å². The highest BCUT2D eigenvalue weighted by molar-refractivity contribution is 4.88. The Morgan fingerprint density at radius 2 is 2.11 bits per heavy atom. The Morgan fingerprint density at radius 3 is 2.44 bits per heavy atom. The van der Waals surface area contributed by atoms with Crippen LogP contribution in [0.5, 0.6) is 0 Å². The maximum atomic E-state index is 5.07. The molecule has 0 N–H and O–H groups in total. The highest BCUT2D eigenvalue weighted by Gasteiger charge is 2.35. The number of ether oxygens (including phenoxy) is 1. The zero-order valence-electron chi connectivity index (χ0n) is 6.48. The van der Waals surface area contributed by atoms with Crippen LogP contribution in [0, 0.1) is 5.41 Å². The van der Waals surface area contributed by atoms with Crippen LogP contribution in [-0.2, 0) is 4.74 Å². The fourth-order valence-electron chi connectivity index (χ4n) is 1.70. The highest BCUT2D eigenvalue weighted by Crippen LogP contribution is 2.27. The lowest BCUT2D eigenvalue weighted by atomic mass is 9.83. The van der Waals surface area contributed by atoms with Crippen LogP contribution in [-0.4, -0.2) is 38.8 Å². The van der Waals surface area contributed by atoms with Gasteiger partial charge in [0.1, 0.15) is 0 Å². The molecule has 0 saturated carbocycles. The molecule has 0 radical (unpaired) electrons. The average Bonchev–Trinajstić information content (AvgIpc) is 1.62. The monoisotopic (exact) mass is 129 g/mol. The number of nitrogens with zero attached hydrogens (tertiary/aromatic N) is 1. The molecular formula is C7H15NO. The van der Waals surface area contributed by atoms with Crippen LogP contribution in [0.4, 0.5) is 0 Å². The third-order valence-electron chi connectivity index (χ3n) is 1.80. The molecule has 0 amide bonds. The zero-order valence-corrected chi connectivity index (χ0v) is 6.48. The van der Waals surface area contributed by atoms with Crippen molar-refractivity contribution in [3.63, 3.8) is 0 Å². The third kappa shape index (κ3) is 1.43. The molecule has 1 saturated heterocycles. The molecule has 1 rings (SSSR count). The molecule has 1 heterocycles. The lowest BCUT2D eigenvalue weighted by molar-refractivity contribution is -0.0262. The number of hydrogen-bond donors (Lipinski definition) is 0. The van der Waals surface area contributed by atoms with Crippen LogP contribution in [0.3, 0.4) is 0 Å². The van der Waals surface area contributed by atoms with Gasteiger partial charge in [-0.3, -0.25) is 0 Å². The first-order valence-corrected chi connectivity index (χ1v) is 3.34. The summed E-state index contributed by atoms with van der Waals surface area (Å²) in [6.45, 7) is 5.52. The van der Waals surface area contributed by atoms with Crippen molar-refractivity contribution in [2.45, 2.75) is 6.92 Å². The van der Waals surface area contributed by atoms with Crippen molar-refractivity contribution < 1.29 is 4.74 Å². The van der Waals surface area contributed by atoms with Gasteiger partial charge in [-0.05, 0) is 7.05 Å². The first-order valence-electron chi connectivity index (χ1n) is 3.34. The Morgan fingerprint density at radius 1 is 1.56 bits per heavy atom. The van der Waals surface area contributed by atoms with Crippen molar-refractivity contribution in [2.24, 2.45) is 5.41 Å². The predicted molar refractivity (Wildman–Crippen MR) is 37.5 cm³/mol. The summed E-state index contributed by atoms with van der Waals surface area (Å²) in [6, 6.07) is 0. The largest absolute Gasteiger partial charge is 0.384 e. The lowest BCUT2D eigenvalue weighted by Gasteiger charge is -2.45. The topological polar surface area (TPSA) is 12.5 Å². The van der Waals surface area contributed by atoms with Gasteiger partial charge in [-0.25, -0.2) is 0 Å². The number of rotatable bonds is 2. The minimum atomic E-state index is 0.448.